The van der Waals surface area contributed by atoms with Gasteiger partial charge in [-0.05, 0) is 19.4 Å². The lowest BCUT2D eigenvalue weighted by Crippen LogP contribution is -2.19. The molecule has 0 unspecified atom stereocenters. The van der Waals surface area contributed by atoms with Crippen LogP contribution in [0.1, 0.15) is 28.5 Å². The first kappa shape index (κ1) is 19.7. The first-order valence-corrected chi connectivity index (χ1v) is 11.3. The Morgan fingerprint density at radius 2 is 2.14 bits per heavy atom. The number of carbonyl (C=O) groups excluding carboxylic acids is 1. The first-order valence-electron chi connectivity index (χ1n) is 9.53. The van der Waals surface area contributed by atoms with Crippen LogP contribution >= 0.6 is 0 Å². The predicted octanol–water partition coefficient (Wildman–Crippen LogP) is 2.40. The van der Waals surface area contributed by atoms with Crippen molar-refractivity contribution in [3.63, 3.8) is 0 Å². The second kappa shape index (κ2) is 7.64. The number of ether oxygens (including phenoxy) is 1. The van der Waals surface area contributed by atoms with E-state index in [2.05, 4.69) is 10.4 Å². The van der Waals surface area contributed by atoms with E-state index in [-0.39, 0.29) is 23.5 Å². The van der Waals surface area contributed by atoms with Crippen molar-refractivity contribution in [1.29, 1.82) is 0 Å². The minimum Gasteiger partial charge on any atom is -0.383 e. The summed E-state index contributed by atoms with van der Waals surface area (Å²) in [7, 11) is -1.41. The number of rotatable bonds is 6. The number of para-hydroxylation sites is 1. The topological polar surface area (TPSA) is 95.2 Å². The van der Waals surface area contributed by atoms with Gasteiger partial charge in [0.1, 0.15) is 5.82 Å². The molecule has 1 atom stereocenters. The van der Waals surface area contributed by atoms with Crippen LogP contribution in [0.4, 0.5) is 5.82 Å². The third-order valence-electron chi connectivity index (χ3n) is 5.22. The molecule has 1 saturated heterocycles. The fourth-order valence-electron chi connectivity index (χ4n) is 3.84. The number of methoxy groups -OCH3 is 1. The van der Waals surface area contributed by atoms with Crippen LogP contribution in [0, 0.1) is 6.92 Å². The maximum absolute atomic E-state index is 13.1. The number of anilines is 1. The third-order valence-corrected chi connectivity index (χ3v) is 6.97. The molecule has 0 saturated carbocycles. The van der Waals surface area contributed by atoms with E-state index in [4.69, 9.17) is 4.74 Å². The number of nitrogens with one attached hydrogen (secondary N) is 1. The summed E-state index contributed by atoms with van der Waals surface area (Å²) in [5, 5.41) is 8.22. The van der Waals surface area contributed by atoms with Gasteiger partial charge in [0, 0.05) is 36.8 Å². The van der Waals surface area contributed by atoms with Gasteiger partial charge in [0.05, 0.1) is 35.4 Å². The summed E-state index contributed by atoms with van der Waals surface area (Å²) in [6.45, 7) is 3.01. The second-order valence-corrected chi connectivity index (χ2v) is 9.60. The number of fused-ring (bicyclic) bond motifs is 1. The second-order valence-electron chi connectivity index (χ2n) is 7.37. The lowest BCUT2D eigenvalue weighted by Gasteiger charge is -2.13. The number of sulfone groups is 1. The van der Waals surface area contributed by atoms with E-state index in [1.807, 2.05) is 42.0 Å². The van der Waals surface area contributed by atoms with E-state index >= 15 is 0 Å². The van der Waals surface area contributed by atoms with Gasteiger partial charge in [-0.1, -0.05) is 18.2 Å². The van der Waals surface area contributed by atoms with Gasteiger partial charge >= 0.3 is 0 Å². The number of amides is 1. The summed E-state index contributed by atoms with van der Waals surface area (Å²) in [6, 6.07) is 9.24. The Hall–Kier alpha value is -2.65. The zero-order valence-corrected chi connectivity index (χ0v) is 17.3. The van der Waals surface area contributed by atoms with Crippen molar-refractivity contribution < 1.29 is 17.9 Å². The molecule has 3 aromatic rings. The molecule has 3 heterocycles. The van der Waals surface area contributed by atoms with Crippen molar-refractivity contribution in [3.8, 4) is 0 Å². The van der Waals surface area contributed by atoms with E-state index in [9.17, 15) is 13.2 Å². The molecule has 0 radical (unpaired) electrons. The Kier molecular flexibility index (Phi) is 5.18. The quantitative estimate of drug-likeness (QED) is 0.666. The van der Waals surface area contributed by atoms with Crippen LogP contribution in [0.25, 0.3) is 10.9 Å². The van der Waals surface area contributed by atoms with Crippen LogP contribution < -0.4 is 5.32 Å². The molecule has 2 aromatic heterocycles. The lowest BCUT2D eigenvalue weighted by molar-refractivity contribution is 0.102. The molecule has 1 N–H and O–H groups in total. The molecule has 154 valence electrons. The van der Waals surface area contributed by atoms with Crippen LogP contribution in [0.3, 0.4) is 0 Å². The molecular weight excluding hydrogens is 392 g/mol. The number of aromatic nitrogens is 3. The number of hydrogen-bond donors (Lipinski definition) is 1. The zero-order valence-electron chi connectivity index (χ0n) is 16.5. The molecule has 29 heavy (non-hydrogen) atoms. The maximum atomic E-state index is 13.1. The monoisotopic (exact) mass is 416 g/mol. The Morgan fingerprint density at radius 3 is 2.86 bits per heavy atom. The normalized spacial score (nSPS) is 18.3. The third kappa shape index (κ3) is 3.92. The smallest absolute Gasteiger partial charge is 0.258 e. The molecule has 1 aromatic carbocycles. The van der Waals surface area contributed by atoms with Gasteiger partial charge in [-0.3, -0.25) is 4.79 Å². The van der Waals surface area contributed by atoms with Crippen LogP contribution in [-0.2, 0) is 21.1 Å². The van der Waals surface area contributed by atoms with Crippen LogP contribution in [-0.4, -0.2) is 53.9 Å². The van der Waals surface area contributed by atoms with Crippen LogP contribution in [0.5, 0.6) is 0 Å². The van der Waals surface area contributed by atoms with Crippen molar-refractivity contribution in [3.05, 3.63) is 47.8 Å². The minimum atomic E-state index is -3.05. The van der Waals surface area contributed by atoms with Gasteiger partial charge in [0.15, 0.2) is 9.84 Å². The summed E-state index contributed by atoms with van der Waals surface area (Å²) in [5.41, 5.74) is 2.24. The maximum Gasteiger partial charge on any atom is 0.258 e. The van der Waals surface area contributed by atoms with Crippen molar-refractivity contribution in [2.75, 3.05) is 30.5 Å². The molecule has 1 fully saturated rings. The number of hydrogen-bond acceptors (Lipinski definition) is 5. The van der Waals surface area contributed by atoms with E-state index in [1.54, 1.807) is 17.9 Å². The summed E-state index contributed by atoms with van der Waals surface area (Å²) in [4.78, 5) is 13.1. The highest BCUT2D eigenvalue weighted by Gasteiger charge is 2.31. The molecule has 8 nitrogen and oxygen atoms in total. The predicted molar refractivity (Wildman–Crippen MR) is 111 cm³/mol. The van der Waals surface area contributed by atoms with Gasteiger partial charge < -0.3 is 14.6 Å². The Bertz CT molecular complexity index is 1160. The average Bonchev–Trinajstić information content (AvgIpc) is 3.35. The van der Waals surface area contributed by atoms with Crippen LogP contribution in [0.15, 0.2) is 36.5 Å². The number of carbonyl (C=O) groups is 1. The molecule has 1 aliphatic heterocycles. The van der Waals surface area contributed by atoms with Crippen molar-refractivity contribution in [2.24, 2.45) is 0 Å². The highest BCUT2D eigenvalue weighted by atomic mass is 32.2. The van der Waals surface area contributed by atoms with E-state index in [0.29, 0.717) is 31.0 Å². The minimum absolute atomic E-state index is 0.0489. The largest absolute Gasteiger partial charge is 0.383 e. The Labute approximate surface area is 169 Å². The fourth-order valence-corrected chi connectivity index (χ4v) is 5.53. The highest BCUT2D eigenvalue weighted by molar-refractivity contribution is 7.91. The van der Waals surface area contributed by atoms with E-state index in [0.717, 1.165) is 16.6 Å². The SMILES string of the molecule is COCCn1cc(C(=O)Nc2cc(C)nn2[C@H]2CCS(=O)(=O)C2)c2ccccc21. The molecule has 0 aliphatic carbocycles. The number of aryl methyl sites for hydroxylation is 1. The lowest BCUT2D eigenvalue weighted by atomic mass is 10.1. The molecule has 0 bridgehead atoms. The fraction of sp³-hybridized carbons (Fsp3) is 0.400. The van der Waals surface area contributed by atoms with E-state index < -0.39 is 9.84 Å². The van der Waals surface area contributed by atoms with Crippen molar-refractivity contribution in [2.45, 2.75) is 25.9 Å². The highest BCUT2D eigenvalue weighted by Crippen LogP contribution is 2.28. The van der Waals surface area contributed by atoms with Gasteiger partial charge in [-0.25, -0.2) is 13.1 Å². The molecule has 9 heteroatoms. The van der Waals surface area contributed by atoms with Gasteiger partial charge in [-0.2, -0.15) is 5.10 Å². The van der Waals surface area contributed by atoms with Crippen molar-refractivity contribution in [1.82, 2.24) is 14.3 Å². The molecule has 1 amide bonds. The molecule has 4 rings (SSSR count). The van der Waals surface area contributed by atoms with Gasteiger partial charge in [0.2, 0.25) is 0 Å². The summed E-state index contributed by atoms with van der Waals surface area (Å²) in [5.74, 6) is 0.465. The molecular formula is C20H24N4O4S. The number of benzene rings is 1. The average molecular weight is 417 g/mol. The van der Waals surface area contributed by atoms with Crippen molar-refractivity contribution >= 4 is 32.5 Å². The summed E-state index contributed by atoms with van der Waals surface area (Å²) in [6.07, 6.45) is 2.33. The zero-order chi connectivity index (χ0) is 20.6. The van der Waals surface area contributed by atoms with Gasteiger partial charge in [0.25, 0.3) is 5.91 Å². The first-order chi connectivity index (χ1) is 13.9. The number of nitrogens with zero attached hydrogens (tertiary/aromatic N) is 3. The van der Waals surface area contributed by atoms with E-state index in [1.165, 1.54) is 0 Å². The Morgan fingerprint density at radius 1 is 1.34 bits per heavy atom. The summed E-state index contributed by atoms with van der Waals surface area (Å²) < 4.78 is 32.6. The molecule has 1 aliphatic rings. The summed E-state index contributed by atoms with van der Waals surface area (Å²) >= 11 is 0. The van der Waals surface area contributed by atoms with Gasteiger partial charge in [-0.15, -0.1) is 0 Å². The van der Waals surface area contributed by atoms with Crippen LogP contribution in [0.2, 0.25) is 0 Å². The Balaban J connectivity index is 1.64. The molecule has 0 spiro atoms. The standard InChI is InChI=1S/C20H24N4O4S/c1-14-11-19(24(22-14)15-7-10-29(26,27)13-15)21-20(25)17-12-23(8-9-28-2)18-6-4-3-5-16(17)18/h3-6,11-12,15H,7-10,13H2,1-2H3,(H,21,25)/t15-/m0/s1.